The number of amides is 1. The number of nitrogens with zero attached hydrogens (tertiary/aromatic N) is 2. The van der Waals surface area contributed by atoms with Crippen LogP contribution in [0.15, 0.2) is 57.7 Å². The Morgan fingerprint density at radius 3 is 2.79 bits per heavy atom. The fourth-order valence-electron chi connectivity index (χ4n) is 3.46. The number of carbonyl (C=O) groups excluding carboxylic acids is 1. The van der Waals surface area contributed by atoms with Gasteiger partial charge >= 0.3 is 5.63 Å². The molecule has 0 spiro atoms. The number of aromatic nitrogens is 2. The van der Waals surface area contributed by atoms with Gasteiger partial charge in [-0.15, -0.1) is 0 Å². The monoisotopic (exact) mass is 391 g/mol. The quantitative estimate of drug-likeness (QED) is 0.509. The number of aryl methyl sites for hydroxylation is 1. The van der Waals surface area contributed by atoms with E-state index < -0.39 is 5.63 Å². The predicted octanol–water partition coefficient (Wildman–Crippen LogP) is 3.49. The third kappa shape index (κ3) is 3.59. The highest BCUT2D eigenvalue weighted by atomic mass is 16.5. The van der Waals surface area contributed by atoms with Gasteiger partial charge in [-0.1, -0.05) is 12.1 Å². The first-order valence-corrected chi connectivity index (χ1v) is 9.53. The number of hydrogen-bond acceptors (Lipinski definition) is 5. The van der Waals surface area contributed by atoms with Gasteiger partial charge in [0, 0.05) is 24.1 Å². The molecule has 29 heavy (non-hydrogen) atoms. The molecule has 0 atom stereocenters. The molecular weight excluding hydrogens is 370 g/mol. The van der Waals surface area contributed by atoms with Crippen LogP contribution >= 0.6 is 0 Å². The summed E-state index contributed by atoms with van der Waals surface area (Å²) in [6.45, 7) is 5.39. The minimum Gasteiger partial charge on any atom is -0.494 e. The Balaban J connectivity index is 1.64. The molecule has 7 heteroatoms. The van der Waals surface area contributed by atoms with E-state index in [4.69, 9.17) is 9.15 Å². The van der Waals surface area contributed by atoms with E-state index in [0.29, 0.717) is 23.3 Å². The largest absolute Gasteiger partial charge is 0.494 e. The van der Waals surface area contributed by atoms with E-state index in [2.05, 4.69) is 14.9 Å². The normalized spacial score (nSPS) is 11.1. The van der Waals surface area contributed by atoms with Gasteiger partial charge in [-0.2, -0.15) is 0 Å². The molecule has 0 fully saturated rings. The molecule has 0 radical (unpaired) electrons. The maximum absolute atomic E-state index is 12.8. The lowest BCUT2D eigenvalue weighted by Gasteiger charge is -2.10. The van der Waals surface area contributed by atoms with Gasteiger partial charge in [-0.05, 0) is 38.1 Å². The summed E-state index contributed by atoms with van der Waals surface area (Å²) in [4.78, 5) is 29.4. The predicted molar refractivity (Wildman–Crippen MR) is 110 cm³/mol. The van der Waals surface area contributed by atoms with Crippen LogP contribution in [0.5, 0.6) is 5.75 Å². The number of rotatable bonds is 6. The van der Waals surface area contributed by atoms with Crippen molar-refractivity contribution < 1.29 is 13.9 Å². The lowest BCUT2D eigenvalue weighted by molar-refractivity contribution is 0.0950. The smallest absolute Gasteiger partial charge is 0.337 e. The van der Waals surface area contributed by atoms with Crippen molar-refractivity contribution in [2.45, 2.75) is 26.9 Å². The van der Waals surface area contributed by atoms with Crippen LogP contribution < -0.4 is 15.7 Å². The average Bonchev–Trinajstić information content (AvgIpc) is 3.08. The molecule has 7 nitrogen and oxygen atoms in total. The number of imidazole rings is 1. The summed E-state index contributed by atoms with van der Waals surface area (Å²) in [5.74, 6) is 0.979. The van der Waals surface area contributed by atoms with Gasteiger partial charge in [0.2, 0.25) is 0 Å². The Hall–Kier alpha value is -3.61. The lowest BCUT2D eigenvalue weighted by Crippen LogP contribution is -2.25. The van der Waals surface area contributed by atoms with Gasteiger partial charge in [-0.3, -0.25) is 4.79 Å². The van der Waals surface area contributed by atoms with Crippen molar-refractivity contribution in [2.24, 2.45) is 0 Å². The molecule has 4 aromatic rings. The Morgan fingerprint density at radius 1 is 1.17 bits per heavy atom. The van der Waals surface area contributed by atoms with Gasteiger partial charge in [0.15, 0.2) is 0 Å². The highest BCUT2D eigenvalue weighted by Crippen LogP contribution is 2.23. The molecule has 4 rings (SSSR count). The van der Waals surface area contributed by atoms with E-state index in [1.54, 1.807) is 18.2 Å². The number of ether oxygens (including phenoxy) is 1. The molecule has 2 aromatic heterocycles. The summed E-state index contributed by atoms with van der Waals surface area (Å²) in [5.41, 5.74) is 1.89. The molecular formula is C22H21N3O4. The Kier molecular flexibility index (Phi) is 5.03. The Bertz CT molecular complexity index is 1260. The van der Waals surface area contributed by atoms with Crippen LogP contribution in [0.3, 0.4) is 0 Å². The molecule has 0 aliphatic heterocycles. The third-order valence-corrected chi connectivity index (χ3v) is 4.73. The number of fused-ring (bicyclic) bond motifs is 2. The van der Waals surface area contributed by atoms with Crippen LogP contribution in [-0.2, 0) is 13.1 Å². The Morgan fingerprint density at radius 2 is 2.00 bits per heavy atom. The average molecular weight is 391 g/mol. The van der Waals surface area contributed by atoms with Crippen LogP contribution in [0.2, 0.25) is 0 Å². The van der Waals surface area contributed by atoms with Gasteiger partial charge in [-0.25, -0.2) is 9.78 Å². The van der Waals surface area contributed by atoms with Gasteiger partial charge in [0.1, 0.15) is 17.2 Å². The van der Waals surface area contributed by atoms with Crippen molar-refractivity contribution in [3.63, 3.8) is 0 Å². The van der Waals surface area contributed by atoms with E-state index in [1.165, 1.54) is 6.07 Å². The van der Waals surface area contributed by atoms with Crippen molar-refractivity contribution in [1.82, 2.24) is 14.9 Å². The van der Waals surface area contributed by atoms with Crippen LogP contribution in [0.1, 0.15) is 30.0 Å². The highest BCUT2D eigenvalue weighted by Gasteiger charge is 2.16. The first-order valence-electron chi connectivity index (χ1n) is 9.53. The number of nitrogens with one attached hydrogen (secondary N) is 1. The number of carbonyl (C=O) groups is 1. The SMILES string of the molecule is CCOc1ccc2c(C(=O)NCc3nc4ccccc4n3CC)cc(=O)oc2c1. The number of para-hydroxylation sites is 2. The first-order chi connectivity index (χ1) is 14.1. The molecule has 1 amide bonds. The lowest BCUT2D eigenvalue weighted by atomic mass is 10.1. The minimum absolute atomic E-state index is 0.250. The summed E-state index contributed by atoms with van der Waals surface area (Å²) < 4.78 is 12.7. The van der Waals surface area contributed by atoms with E-state index in [-0.39, 0.29) is 18.0 Å². The van der Waals surface area contributed by atoms with Gasteiger partial charge in [0.25, 0.3) is 5.91 Å². The number of benzene rings is 2. The zero-order chi connectivity index (χ0) is 20.4. The maximum Gasteiger partial charge on any atom is 0.337 e. The maximum atomic E-state index is 12.8. The van der Waals surface area contributed by atoms with E-state index in [0.717, 1.165) is 23.4 Å². The molecule has 0 saturated heterocycles. The molecule has 0 unspecified atom stereocenters. The summed E-state index contributed by atoms with van der Waals surface area (Å²) in [7, 11) is 0. The topological polar surface area (TPSA) is 86.4 Å². The highest BCUT2D eigenvalue weighted by molar-refractivity contribution is 6.05. The molecule has 0 bridgehead atoms. The fraction of sp³-hybridized carbons (Fsp3) is 0.227. The second kappa shape index (κ2) is 7.79. The summed E-state index contributed by atoms with van der Waals surface area (Å²) in [6.07, 6.45) is 0. The first kappa shape index (κ1) is 18.7. The third-order valence-electron chi connectivity index (χ3n) is 4.73. The van der Waals surface area contributed by atoms with Gasteiger partial charge in [0.05, 0.1) is 29.7 Å². The molecule has 0 aliphatic rings. The van der Waals surface area contributed by atoms with Crippen molar-refractivity contribution in [3.05, 3.63) is 70.3 Å². The van der Waals surface area contributed by atoms with Crippen LogP contribution in [0.25, 0.3) is 22.0 Å². The van der Waals surface area contributed by atoms with Crippen LogP contribution in [0, 0.1) is 0 Å². The van der Waals surface area contributed by atoms with E-state index in [9.17, 15) is 9.59 Å². The molecule has 0 saturated carbocycles. The zero-order valence-corrected chi connectivity index (χ0v) is 16.3. The standard InChI is InChI=1S/C22H21N3O4/c1-3-25-18-8-6-5-7-17(18)24-20(25)13-23-22(27)16-12-21(26)29-19-11-14(28-4-2)9-10-15(16)19/h5-12H,3-4,13H2,1-2H3,(H,23,27). The molecule has 2 heterocycles. The van der Waals surface area contributed by atoms with Crippen molar-refractivity contribution >= 4 is 27.9 Å². The van der Waals surface area contributed by atoms with E-state index in [1.807, 2.05) is 38.1 Å². The Labute approximate surface area is 166 Å². The molecule has 2 aromatic carbocycles. The van der Waals surface area contributed by atoms with Crippen LogP contribution in [-0.4, -0.2) is 22.1 Å². The number of hydrogen-bond donors (Lipinski definition) is 1. The summed E-state index contributed by atoms with van der Waals surface area (Å²) in [5, 5.41) is 3.43. The zero-order valence-electron chi connectivity index (χ0n) is 16.3. The second-order valence-corrected chi connectivity index (χ2v) is 6.51. The van der Waals surface area contributed by atoms with Crippen LogP contribution in [0.4, 0.5) is 0 Å². The van der Waals surface area contributed by atoms with Crippen molar-refractivity contribution in [2.75, 3.05) is 6.61 Å². The summed E-state index contributed by atoms with van der Waals surface area (Å²) in [6, 6.07) is 14.1. The summed E-state index contributed by atoms with van der Waals surface area (Å²) >= 11 is 0. The second-order valence-electron chi connectivity index (χ2n) is 6.51. The van der Waals surface area contributed by atoms with Gasteiger partial charge < -0.3 is 19.0 Å². The van der Waals surface area contributed by atoms with E-state index >= 15 is 0 Å². The molecule has 1 N–H and O–H groups in total. The minimum atomic E-state index is -0.586. The van der Waals surface area contributed by atoms with Crippen molar-refractivity contribution in [3.8, 4) is 5.75 Å². The molecule has 0 aliphatic carbocycles. The molecule has 148 valence electrons. The van der Waals surface area contributed by atoms with Crippen molar-refractivity contribution in [1.29, 1.82) is 0 Å². The fourth-order valence-corrected chi connectivity index (χ4v) is 3.46.